The van der Waals surface area contributed by atoms with E-state index in [4.69, 9.17) is 32.2 Å². The molecule has 6 aliphatic rings. The number of fused-ring (bicyclic) bond motifs is 18. The molecule has 414 valence electrons. The lowest BCUT2D eigenvalue weighted by Gasteiger charge is -2.17. The Labute approximate surface area is 476 Å². The molecule has 12 aromatic rings. The van der Waals surface area contributed by atoms with Gasteiger partial charge in [-0.3, -0.25) is 42.5 Å². The van der Waals surface area contributed by atoms with Gasteiger partial charge in [0.25, 0.3) is 17.7 Å². The molecule has 12 aromatic heterocycles. The van der Waals surface area contributed by atoms with Gasteiger partial charge in [-0.05, 0) is 131 Å². The van der Waals surface area contributed by atoms with E-state index in [1.807, 2.05) is 91.0 Å². The third-order valence-corrected chi connectivity index (χ3v) is 17.7. The van der Waals surface area contributed by atoms with E-state index in [-0.39, 0.29) is 17.5 Å². The molecule has 3 aliphatic carbocycles. The molecule has 18 rings (SSSR count). The second-order valence-electron chi connectivity index (χ2n) is 22.3. The van der Waals surface area contributed by atoms with E-state index in [1.165, 1.54) is 38.5 Å². The van der Waals surface area contributed by atoms with E-state index in [0.29, 0.717) is 52.8 Å². The van der Waals surface area contributed by atoms with Crippen molar-refractivity contribution in [3.05, 3.63) is 163 Å². The summed E-state index contributed by atoms with van der Waals surface area (Å²) in [6.07, 6.45) is 21.4. The molecule has 24 heteroatoms. The maximum atomic E-state index is 11.5. The summed E-state index contributed by atoms with van der Waals surface area (Å²) in [6, 6.07) is 30.8. The first-order valence-electron chi connectivity index (χ1n) is 28.2. The molecule has 15 heterocycles. The molecule has 3 aliphatic heterocycles. The highest BCUT2D eigenvalue weighted by atomic mass is 16.2. The maximum Gasteiger partial charge on any atom is 0.287 e. The molecule has 0 spiro atoms. The Hall–Kier alpha value is -10.7. The van der Waals surface area contributed by atoms with Crippen LogP contribution in [0.1, 0.15) is 143 Å². The fourth-order valence-electron chi connectivity index (χ4n) is 14.1. The van der Waals surface area contributed by atoms with Crippen LogP contribution in [-0.4, -0.2) is 105 Å². The van der Waals surface area contributed by atoms with Crippen LogP contribution in [-0.2, 0) is 0 Å². The molecule has 3 fully saturated rings. The van der Waals surface area contributed by atoms with Gasteiger partial charge in [0.1, 0.15) is 34.6 Å². The van der Waals surface area contributed by atoms with Crippen LogP contribution in [0.15, 0.2) is 128 Å². The van der Waals surface area contributed by atoms with Crippen molar-refractivity contribution in [1.29, 1.82) is 0 Å². The average molecular weight is 1110 g/mol. The third-order valence-electron chi connectivity index (χ3n) is 17.7. The van der Waals surface area contributed by atoms with E-state index in [1.54, 1.807) is 50.4 Å². The van der Waals surface area contributed by atoms with Gasteiger partial charge >= 0.3 is 0 Å². The molecule has 6 N–H and O–H groups in total. The highest BCUT2D eigenvalue weighted by Crippen LogP contribution is 2.55. The van der Waals surface area contributed by atoms with E-state index in [9.17, 15) is 14.4 Å². The van der Waals surface area contributed by atoms with Gasteiger partial charge in [0.05, 0.1) is 34.2 Å². The molecule has 24 nitrogen and oxygen atoms in total. The largest absolute Gasteiger partial charge is 0.363 e. The molecular formula is C60H51N21O3. The highest BCUT2D eigenvalue weighted by molar-refractivity contribution is 5.92. The lowest BCUT2D eigenvalue weighted by atomic mass is 10.1. The fraction of sp³-hybridized carbons (Fsp3) is 0.250. The van der Waals surface area contributed by atoms with Gasteiger partial charge in [-0.25, -0.2) is 15.0 Å². The van der Waals surface area contributed by atoms with Crippen molar-refractivity contribution in [1.82, 2.24) is 87.4 Å². The summed E-state index contributed by atoms with van der Waals surface area (Å²) in [4.78, 5) is 63.3. The quantitative estimate of drug-likeness (QED) is 0.124. The van der Waals surface area contributed by atoms with Crippen molar-refractivity contribution in [2.75, 3.05) is 0 Å². The standard InChI is InChI=1S/3C20H17N7O/c3*21-18(28)20-25-24-15-10-11(6-8-26(15)20)17-16(14-3-1-2-7-22-14)23-19-12-4-5-13(9-12)27(17)19/h3*1-3,6-8,10,12-13H,4-5,9H2,(H2,21,28)/t2*12-,13+;/m10./s1. The van der Waals surface area contributed by atoms with Crippen molar-refractivity contribution in [2.45, 2.75) is 93.7 Å². The Bertz CT molecular complexity index is 4190. The molecule has 3 saturated carbocycles. The van der Waals surface area contributed by atoms with Gasteiger partial charge in [0.15, 0.2) is 16.9 Å². The van der Waals surface area contributed by atoms with Crippen LogP contribution >= 0.6 is 0 Å². The second kappa shape index (κ2) is 19.0. The number of pyridine rings is 6. The van der Waals surface area contributed by atoms with Crippen molar-refractivity contribution in [3.8, 4) is 67.9 Å². The number of nitrogens with two attached hydrogens (primary N) is 3. The number of primary amides is 3. The average Bonchev–Trinajstić information content (AvgIpc) is 1.88. The number of carbonyl (C=O) groups is 3. The van der Waals surface area contributed by atoms with E-state index in [2.05, 4.69) is 59.2 Å². The summed E-state index contributed by atoms with van der Waals surface area (Å²) in [7, 11) is 0. The molecule has 0 aromatic carbocycles. The van der Waals surface area contributed by atoms with Crippen LogP contribution in [0, 0.1) is 0 Å². The van der Waals surface area contributed by atoms with Crippen LogP contribution in [0.4, 0.5) is 0 Å². The Morgan fingerprint density at radius 3 is 0.976 bits per heavy atom. The molecule has 3 amide bonds. The SMILES string of the molecule is NC(=O)c1nnc2cc(-c3c(-c4ccccn4)nc4n3C3CCC4C3)ccn12.NC(=O)c1nnc2cc(-c3c(-c4ccccn4)nc4n3[C@@H]3CC[C@H]4C3)ccn12.NC(=O)c1nnc2cc(-c3c(-c4ccccn4)nc4n3[C@H]3CC[C@@H]4C3)ccn12. The lowest BCUT2D eigenvalue weighted by molar-refractivity contribution is 0.0981. The first-order valence-corrected chi connectivity index (χ1v) is 28.2. The van der Waals surface area contributed by atoms with Crippen LogP contribution in [0.2, 0.25) is 0 Å². The van der Waals surface area contributed by atoms with Gasteiger partial charge in [0, 0.05) is 89.8 Å². The summed E-state index contributed by atoms with van der Waals surface area (Å²) >= 11 is 0. The Morgan fingerprint density at radius 1 is 0.393 bits per heavy atom. The van der Waals surface area contributed by atoms with Crippen molar-refractivity contribution < 1.29 is 14.4 Å². The minimum Gasteiger partial charge on any atom is -0.363 e. The summed E-state index contributed by atoms with van der Waals surface area (Å²) in [5.74, 6) is 3.64. The summed E-state index contributed by atoms with van der Waals surface area (Å²) in [5, 5.41) is 24.1. The fourth-order valence-corrected chi connectivity index (χ4v) is 14.1. The van der Waals surface area contributed by atoms with Gasteiger partial charge in [0.2, 0.25) is 17.5 Å². The first kappa shape index (κ1) is 49.2. The zero-order valence-corrected chi connectivity index (χ0v) is 45.0. The van der Waals surface area contributed by atoms with E-state index < -0.39 is 17.7 Å². The zero-order chi connectivity index (χ0) is 56.5. The van der Waals surface area contributed by atoms with Crippen molar-refractivity contribution >= 4 is 34.7 Å². The number of hydrogen-bond donors (Lipinski definition) is 3. The summed E-state index contributed by atoms with van der Waals surface area (Å²) in [6.45, 7) is 0. The molecule has 6 atom stereocenters. The predicted molar refractivity (Wildman–Crippen MR) is 305 cm³/mol. The first-order chi connectivity index (χ1) is 41.1. The van der Waals surface area contributed by atoms with Crippen molar-refractivity contribution in [2.24, 2.45) is 17.2 Å². The highest BCUT2D eigenvalue weighted by Gasteiger charge is 2.44. The van der Waals surface area contributed by atoms with Crippen LogP contribution < -0.4 is 17.2 Å². The number of amides is 3. The number of carbonyl (C=O) groups excluding carboxylic acids is 3. The third kappa shape index (κ3) is 7.69. The number of imidazole rings is 3. The van der Waals surface area contributed by atoms with Crippen molar-refractivity contribution in [3.63, 3.8) is 0 Å². The Kier molecular flexibility index (Phi) is 11.1. The monoisotopic (exact) mass is 1110 g/mol. The second-order valence-corrected chi connectivity index (χ2v) is 22.3. The van der Waals surface area contributed by atoms with Crippen LogP contribution in [0.5, 0.6) is 0 Å². The van der Waals surface area contributed by atoms with Gasteiger partial charge in [-0.15, -0.1) is 30.6 Å². The maximum absolute atomic E-state index is 11.5. The van der Waals surface area contributed by atoms with E-state index >= 15 is 0 Å². The normalized spacial score (nSPS) is 20.0. The predicted octanol–water partition coefficient (Wildman–Crippen LogP) is 7.73. The van der Waals surface area contributed by atoms with Crippen LogP contribution in [0.25, 0.3) is 84.9 Å². The van der Waals surface area contributed by atoms with Crippen LogP contribution in [0.3, 0.4) is 0 Å². The lowest BCUT2D eigenvalue weighted by Crippen LogP contribution is -2.15. The molecular weight excluding hydrogens is 1060 g/mol. The molecule has 0 saturated heterocycles. The van der Waals surface area contributed by atoms with Gasteiger partial charge < -0.3 is 30.9 Å². The summed E-state index contributed by atoms with van der Waals surface area (Å²) in [5.41, 5.74) is 29.3. The van der Waals surface area contributed by atoms with Gasteiger partial charge in [-0.1, -0.05) is 18.2 Å². The number of aromatic nitrogens is 18. The van der Waals surface area contributed by atoms with E-state index in [0.717, 1.165) is 105 Å². The number of hydrogen-bond acceptors (Lipinski definition) is 15. The summed E-state index contributed by atoms with van der Waals surface area (Å²) < 4.78 is 12.0. The minimum absolute atomic E-state index is 0.129. The molecule has 84 heavy (non-hydrogen) atoms. The minimum atomic E-state index is -0.600. The smallest absolute Gasteiger partial charge is 0.287 e. The topological polar surface area (TPSA) is 312 Å². The zero-order valence-electron chi connectivity index (χ0n) is 45.0. The molecule has 6 bridgehead atoms. The number of nitrogens with zero attached hydrogens (tertiary/aromatic N) is 18. The Balaban J connectivity index is 0.000000103. The number of rotatable bonds is 9. The molecule has 0 radical (unpaired) electrons. The van der Waals surface area contributed by atoms with Gasteiger partial charge in [-0.2, -0.15) is 0 Å². The Morgan fingerprint density at radius 2 is 0.702 bits per heavy atom. The molecule has 2 unspecified atom stereocenters.